The molecule has 0 unspecified atom stereocenters. The Bertz CT molecular complexity index is 872. The lowest BCUT2D eigenvalue weighted by Gasteiger charge is -2.36. The van der Waals surface area contributed by atoms with E-state index in [1.54, 1.807) is 35.2 Å². The van der Waals surface area contributed by atoms with E-state index in [4.69, 9.17) is 14.4 Å². The normalized spacial score (nSPS) is 22.3. The maximum atomic E-state index is 12.9. The number of nitrogens with zero attached hydrogens (tertiary/aromatic N) is 3. The standard InChI is InChI=1S/C20H21N3O4/c21-10-14-2-1-3-18(8-14)27-13-15-4-7-26-19(15)20(25)23-6-5-22-12-17(24)9-16(22)11-23/h1-4,7-8,16-17,24H,5-6,9,11-13H2/t16-,17+/m0/s1. The molecule has 0 bridgehead atoms. The van der Waals surface area contributed by atoms with Gasteiger partial charge in [-0.2, -0.15) is 5.26 Å². The van der Waals surface area contributed by atoms with Gasteiger partial charge in [0.25, 0.3) is 5.91 Å². The zero-order valence-corrected chi connectivity index (χ0v) is 14.9. The number of carbonyl (C=O) groups excluding carboxylic acids is 1. The van der Waals surface area contributed by atoms with Gasteiger partial charge in [0.15, 0.2) is 5.76 Å². The molecule has 7 nitrogen and oxygen atoms in total. The number of aliphatic hydroxyl groups is 1. The summed E-state index contributed by atoms with van der Waals surface area (Å²) in [6, 6.07) is 10.9. The molecule has 4 rings (SSSR count). The Morgan fingerprint density at radius 1 is 1.33 bits per heavy atom. The number of piperazine rings is 1. The molecule has 0 radical (unpaired) electrons. The van der Waals surface area contributed by atoms with Gasteiger partial charge in [0, 0.05) is 37.8 Å². The number of hydrogen-bond acceptors (Lipinski definition) is 6. The smallest absolute Gasteiger partial charge is 0.290 e. The molecular formula is C20H21N3O4. The lowest BCUT2D eigenvalue weighted by molar-refractivity contribution is 0.0536. The van der Waals surface area contributed by atoms with Gasteiger partial charge in [-0.05, 0) is 30.7 Å². The molecule has 0 aliphatic carbocycles. The van der Waals surface area contributed by atoms with Crippen molar-refractivity contribution in [2.75, 3.05) is 26.2 Å². The summed E-state index contributed by atoms with van der Waals surface area (Å²) in [5, 5.41) is 18.8. The van der Waals surface area contributed by atoms with Crippen LogP contribution in [0, 0.1) is 11.3 Å². The maximum absolute atomic E-state index is 12.9. The number of nitriles is 1. The minimum Gasteiger partial charge on any atom is -0.489 e. The van der Waals surface area contributed by atoms with Crippen LogP contribution in [-0.4, -0.2) is 59.1 Å². The second kappa shape index (κ2) is 7.43. The van der Waals surface area contributed by atoms with Crippen LogP contribution in [0.25, 0.3) is 0 Å². The summed E-state index contributed by atoms with van der Waals surface area (Å²) in [6.45, 7) is 2.86. The molecule has 27 heavy (non-hydrogen) atoms. The maximum Gasteiger partial charge on any atom is 0.290 e. The molecule has 3 heterocycles. The Labute approximate surface area is 157 Å². The summed E-state index contributed by atoms with van der Waals surface area (Å²) in [7, 11) is 0. The molecule has 0 spiro atoms. The van der Waals surface area contributed by atoms with E-state index >= 15 is 0 Å². The summed E-state index contributed by atoms with van der Waals surface area (Å²) in [4.78, 5) is 16.9. The van der Waals surface area contributed by atoms with Crippen LogP contribution in [0.5, 0.6) is 5.75 Å². The summed E-state index contributed by atoms with van der Waals surface area (Å²) < 4.78 is 11.2. The van der Waals surface area contributed by atoms with Crippen LogP contribution in [0.1, 0.15) is 28.1 Å². The zero-order chi connectivity index (χ0) is 18.8. The second-order valence-corrected chi connectivity index (χ2v) is 6.99. The number of hydrogen-bond donors (Lipinski definition) is 1. The first kappa shape index (κ1) is 17.6. The fourth-order valence-electron chi connectivity index (χ4n) is 3.80. The van der Waals surface area contributed by atoms with Gasteiger partial charge in [0.2, 0.25) is 0 Å². The first-order chi connectivity index (χ1) is 13.1. The highest BCUT2D eigenvalue weighted by atomic mass is 16.5. The molecule has 2 saturated heterocycles. The zero-order valence-electron chi connectivity index (χ0n) is 14.9. The first-order valence-electron chi connectivity index (χ1n) is 9.05. The van der Waals surface area contributed by atoms with Gasteiger partial charge in [-0.3, -0.25) is 9.69 Å². The van der Waals surface area contributed by atoms with E-state index in [0.717, 1.165) is 6.54 Å². The molecule has 1 aromatic carbocycles. The number of rotatable bonds is 4. The SMILES string of the molecule is N#Cc1cccc(OCc2ccoc2C(=O)N2CCN3C[C@H](O)C[C@H]3C2)c1. The Morgan fingerprint density at radius 2 is 2.22 bits per heavy atom. The average Bonchev–Trinajstić information content (AvgIpc) is 3.30. The highest BCUT2D eigenvalue weighted by Gasteiger charge is 2.37. The number of aliphatic hydroxyl groups excluding tert-OH is 1. The van der Waals surface area contributed by atoms with Crippen molar-refractivity contribution in [1.82, 2.24) is 9.80 Å². The van der Waals surface area contributed by atoms with Crippen molar-refractivity contribution in [2.24, 2.45) is 0 Å². The highest BCUT2D eigenvalue weighted by Crippen LogP contribution is 2.24. The van der Waals surface area contributed by atoms with Crippen LogP contribution < -0.4 is 4.74 Å². The summed E-state index contributed by atoms with van der Waals surface area (Å²) in [5.74, 6) is 0.714. The molecule has 2 aliphatic heterocycles. The minimum atomic E-state index is -0.304. The average molecular weight is 367 g/mol. The number of ether oxygens (including phenoxy) is 1. The van der Waals surface area contributed by atoms with Gasteiger partial charge >= 0.3 is 0 Å². The number of furan rings is 1. The Hall–Kier alpha value is -2.82. The number of fused-ring (bicyclic) bond motifs is 1. The summed E-state index contributed by atoms with van der Waals surface area (Å²) in [5.41, 5.74) is 1.20. The third-order valence-electron chi connectivity index (χ3n) is 5.18. The third-order valence-corrected chi connectivity index (χ3v) is 5.18. The number of amides is 1. The van der Waals surface area contributed by atoms with Crippen molar-refractivity contribution in [3.8, 4) is 11.8 Å². The van der Waals surface area contributed by atoms with Crippen LogP contribution in [0.3, 0.4) is 0 Å². The van der Waals surface area contributed by atoms with Crippen LogP contribution >= 0.6 is 0 Å². The molecule has 2 aliphatic rings. The van der Waals surface area contributed by atoms with Gasteiger partial charge in [0.1, 0.15) is 12.4 Å². The molecule has 2 fully saturated rings. The van der Waals surface area contributed by atoms with Crippen molar-refractivity contribution < 1.29 is 19.1 Å². The Balaban J connectivity index is 1.42. The number of benzene rings is 1. The summed E-state index contributed by atoms with van der Waals surface area (Å²) in [6.07, 6.45) is 1.89. The van der Waals surface area contributed by atoms with E-state index in [1.165, 1.54) is 6.26 Å². The minimum absolute atomic E-state index is 0.148. The van der Waals surface area contributed by atoms with Crippen molar-refractivity contribution in [2.45, 2.75) is 25.2 Å². The van der Waals surface area contributed by atoms with Gasteiger partial charge in [-0.15, -0.1) is 0 Å². The van der Waals surface area contributed by atoms with Crippen molar-refractivity contribution in [1.29, 1.82) is 5.26 Å². The molecule has 2 aromatic rings. The molecule has 140 valence electrons. The highest BCUT2D eigenvalue weighted by molar-refractivity contribution is 5.93. The fourth-order valence-corrected chi connectivity index (χ4v) is 3.80. The Morgan fingerprint density at radius 3 is 3.07 bits per heavy atom. The molecular weight excluding hydrogens is 346 g/mol. The second-order valence-electron chi connectivity index (χ2n) is 6.99. The van der Waals surface area contributed by atoms with Gasteiger partial charge < -0.3 is 19.2 Å². The quantitative estimate of drug-likeness (QED) is 0.883. The lowest BCUT2D eigenvalue weighted by atomic mass is 10.1. The van der Waals surface area contributed by atoms with E-state index < -0.39 is 0 Å². The van der Waals surface area contributed by atoms with Crippen molar-refractivity contribution in [3.63, 3.8) is 0 Å². The molecule has 1 N–H and O–H groups in total. The molecule has 2 atom stereocenters. The van der Waals surface area contributed by atoms with E-state index in [2.05, 4.69) is 11.0 Å². The fraction of sp³-hybridized carbons (Fsp3) is 0.400. The van der Waals surface area contributed by atoms with Gasteiger partial charge in [-0.1, -0.05) is 6.07 Å². The Kier molecular flexibility index (Phi) is 4.84. The molecule has 0 saturated carbocycles. The van der Waals surface area contributed by atoms with Gasteiger partial charge in [-0.25, -0.2) is 0 Å². The van der Waals surface area contributed by atoms with E-state index in [9.17, 15) is 9.90 Å². The van der Waals surface area contributed by atoms with Crippen LogP contribution in [0.15, 0.2) is 41.0 Å². The van der Waals surface area contributed by atoms with Crippen molar-refractivity contribution in [3.05, 3.63) is 53.5 Å². The summed E-state index contributed by atoms with van der Waals surface area (Å²) >= 11 is 0. The van der Waals surface area contributed by atoms with Crippen LogP contribution in [0.4, 0.5) is 0 Å². The molecule has 7 heteroatoms. The van der Waals surface area contributed by atoms with E-state index in [1.807, 2.05) is 0 Å². The third kappa shape index (κ3) is 3.68. The van der Waals surface area contributed by atoms with E-state index in [-0.39, 0.29) is 24.7 Å². The lowest BCUT2D eigenvalue weighted by Crippen LogP contribution is -2.52. The predicted octanol–water partition coefficient (Wildman–Crippen LogP) is 1.62. The van der Waals surface area contributed by atoms with Crippen LogP contribution in [0.2, 0.25) is 0 Å². The van der Waals surface area contributed by atoms with Crippen LogP contribution in [-0.2, 0) is 6.61 Å². The van der Waals surface area contributed by atoms with E-state index in [0.29, 0.717) is 48.7 Å². The first-order valence-corrected chi connectivity index (χ1v) is 9.05. The predicted molar refractivity (Wildman–Crippen MR) is 96.1 cm³/mol. The topological polar surface area (TPSA) is 89.9 Å². The molecule has 1 aromatic heterocycles. The molecule has 1 amide bonds. The monoisotopic (exact) mass is 367 g/mol. The van der Waals surface area contributed by atoms with Crippen molar-refractivity contribution >= 4 is 5.91 Å². The largest absolute Gasteiger partial charge is 0.489 e. The van der Waals surface area contributed by atoms with Gasteiger partial charge in [0.05, 0.1) is 24.0 Å². The number of carbonyl (C=O) groups is 1.